The molecule has 1 aliphatic carbocycles. The summed E-state index contributed by atoms with van der Waals surface area (Å²) in [7, 11) is 0. The number of hydrogen-bond acceptors (Lipinski definition) is 1. The van der Waals surface area contributed by atoms with E-state index in [2.05, 4.69) is 33.0 Å². The van der Waals surface area contributed by atoms with Gasteiger partial charge in [-0.2, -0.15) is 0 Å². The maximum atomic E-state index is 3.65. The van der Waals surface area contributed by atoms with Crippen LogP contribution < -0.4 is 5.32 Å². The van der Waals surface area contributed by atoms with Gasteiger partial charge in [0, 0.05) is 0 Å². The fraction of sp³-hybridized carbons (Fsp3) is 1.00. The van der Waals surface area contributed by atoms with Crippen molar-refractivity contribution in [1.82, 2.24) is 5.32 Å². The van der Waals surface area contributed by atoms with Crippen LogP contribution in [-0.2, 0) is 0 Å². The van der Waals surface area contributed by atoms with Crippen LogP contribution in [0.2, 0.25) is 0 Å². The van der Waals surface area contributed by atoms with E-state index in [9.17, 15) is 0 Å². The first-order chi connectivity index (χ1) is 7.67. The molecule has 0 saturated heterocycles. The van der Waals surface area contributed by atoms with Crippen molar-refractivity contribution in [2.24, 2.45) is 23.7 Å². The predicted molar refractivity (Wildman–Crippen MR) is 72.6 cm³/mol. The van der Waals surface area contributed by atoms with Crippen molar-refractivity contribution in [3.05, 3.63) is 0 Å². The van der Waals surface area contributed by atoms with Gasteiger partial charge in [0.2, 0.25) is 0 Å². The van der Waals surface area contributed by atoms with E-state index >= 15 is 0 Å². The first-order valence-electron chi connectivity index (χ1n) is 7.38. The fourth-order valence-corrected chi connectivity index (χ4v) is 3.12. The van der Waals surface area contributed by atoms with E-state index in [1.54, 1.807) is 0 Å². The Morgan fingerprint density at radius 2 is 1.81 bits per heavy atom. The molecule has 1 saturated carbocycles. The summed E-state index contributed by atoms with van der Waals surface area (Å²) in [5.41, 5.74) is 0. The van der Waals surface area contributed by atoms with Gasteiger partial charge in [-0.15, -0.1) is 0 Å². The standard InChI is InChI=1S/C15H31N/c1-5-13-7-8-15(14(6-2)9-13)11-16-10-12(3)4/h12-16H,5-11H2,1-4H3. The molecule has 0 aromatic heterocycles. The molecule has 1 heteroatoms. The molecule has 0 spiro atoms. The minimum absolute atomic E-state index is 0.784. The van der Waals surface area contributed by atoms with Crippen molar-refractivity contribution >= 4 is 0 Å². The second-order valence-corrected chi connectivity index (χ2v) is 6.07. The van der Waals surface area contributed by atoms with Crippen LogP contribution in [0.5, 0.6) is 0 Å². The molecule has 1 N–H and O–H groups in total. The molecule has 1 aliphatic rings. The summed E-state index contributed by atoms with van der Waals surface area (Å²) in [5.74, 6) is 3.74. The Balaban J connectivity index is 2.29. The first kappa shape index (κ1) is 14.0. The highest BCUT2D eigenvalue weighted by atomic mass is 14.9. The third-order valence-corrected chi connectivity index (χ3v) is 4.31. The van der Waals surface area contributed by atoms with Gasteiger partial charge in [-0.3, -0.25) is 0 Å². The van der Waals surface area contributed by atoms with Crippen LogP contribution in [0.25, 0.3) is 0 Å². The second kappa shape index (κ2) is 7.32. The lowest BCUT2D eigenvalue weighted by Crippen LogP contribution is -2.34. The quantitative estimate of drug-likeness (QED) is 0.718. The van der Waals surface area contributed by atoms with Crippen LogP contribution >= 0.6 is 0 Å². The maximum absolute atomic E-state index is 3.65. The third kappa shape index (κ3) is 4.45. The maximum Gasteiger partial charge on any atom is -0.00178 e. The van der Waals surface area contributed by atoms with Crippen molar-refractivity contribution < 1.29 is 0 Å². The van der Waals surface area contributed by atoms with Gasteiger partial charge in [-0.1, -0.05) is 47.0 Å². The molecule has 3 unspecified atom stereocenters. The van der Waals surface area contributed by atoms with Crippen LogP contribution in [0.3, 0.4) is 0 Å². The summed E-state index contributed by atoms with van der Waals surface area (Å²) >= 11 is 0. The monoisotopic (exact) mass is 225 g/mol. The molecule has 0 amide bonds. The van der Waals surface area contributed by atoms with Crippen LogP contribution in [0.4, 0.5) is 0 Å². The zero-order chi connectivity index (χ0) is 12.0. The van der Waals surface area contributed by atoms with Gasteiger partial charge in [-0.05, 0) is 49.6 Å². The van der Waals surface area contributed by atoms with Gasteiger partial charge in [0.1, 0.15) is 0 Å². The molecule has 0 heterocycles. The molecule has 0 aromatic carbocycles. The Kier molecular flexibility index (Phi) is 6.41. The van der Waals surface area contributed by atoms with E-state index in [0.29, 0.717) is 0 Å². The number of hydrogen-bond donors (Lipinski definition) is 1. The lowest BCUT2D eigenvalue weighted by molar-refractivity contribution is 0.167. The third-order valence-electron chi connectivity index (χ3n) is 4.31. The average Bonchev–Trinajstić information content (AvgIpc) is 2.29. The largest absolute Gasteiger partial charge is 0.316 e. The minimum Gasteiger partial charge on any atom is -0.316 e. The molecule has 96 valence electrons. The van der Waals surface area contributed by atoms with E-state index in [1.165, 1.54) is 45.2 Å². The number of nitrogens with one attached hydrogen (secondary N) is 1. The number of rotatable bonds is 6. The first-order valence-corrected chi connectivity index (χ1v) is 7.38. The van der Waals surface area contributed by atoms with Crippen LogP contribution in [0.15, 0.2) is 0 Å². The summed E-state index contributed by atoms with van der Waals surface area (Å²) in [6, 6.07) is 0. The van der Waals surface area contributed by atoms with Gasteiger partial charge in [0.05, 0.1) is 0 Å². The molecule has 1 rings (SSSR count). The lowest BCUT2D eigenvalue weighted by Gasteiger charge is -2.35. The molecule has 1 fully saturated rings. The highest BCUT2D eigenvalue weighted by Gasteiger charge is 2.27. The van der Waals surface area contributed by atoms with Gasteiger partial charge < -0.3 is 5.32 Å². The fourth-order valence-electron chi connectivity index (χ4n) is 3.12. The van der Waals surface area contributed by atoms with E-state index in [4.69, 9.17) is 0 Å². The Morgan fingerprint density at radius 1 is 1.06 bits per heavy atom. The van der Waals surface area contributed by atoms with Gasteiger partial charge in [0.15, 0.2) is 0 Å². The van der Waals surface area contributed by atoms with Crippen LogP contribution in [0.1, 0.15) is 59.8 Å². The summed E-state index contributed by atoms with van der Waals surface area (Å²) in [6.07, 6.45) is 7.19. The van der Waals surface area contributed by atoms with Gasteiger partial charge >= 0.3 is 0 Å². The van der Waals surface area contributed by atoms with Crippen molar-refractivity contribution in [3.63, 3.8) is 0 Å². The Morgan fingerprint density at radius 3 is 2.38 bits per heavy atom. The van der Waals surface area contributed by atoms with Crippen molar-refractivity contribution in [2.45, 2.75) is 59.8 Å². The summed E-state index contributed by atoms with van der Waals surface area (Å²) < 4.78 is 0. The highest BCUT2D eigenvalue weighted by Crippen LogP contribution is 2.36. The molecule has 0 aliphatic heterocycles. The van der Waals surface area contributed by atoms with E-state index in [-0.39, 0.29) is 0 Å². The molecular formula is C15H31N. The van der Waals surface area contributed by atoms with Crippen molar-refractivity contribution in [1.29, 1.82) is 0 Å². The van der Waals surface area contributed by atoms with Crippen molar-refractivity contribution in [3.8, 4) is 0 Å². The Labute approximate surface area is 102 Å². The van der Waals surface area contributed by atoms with Crippen LogP contribution in [-0.4, -0.2) is 13.1 Å². The molecule has 0 aromatic rings. The van der Waals surface area contributed by atoms with E-state index in [0.717, 1.165) is 23.7 Å². The predicted octanol–water partition coefficient (Wildman–Crippen LogP) is 4.08. The lowest BCUT2D eigenvalue weighted by atomic mass is 9.72. The summed E-state index contributed by atoms with van der Waals surface area (Å²) in [6.45, 7) is 11.8. The smallest absolute Gasteiger partial charge is 0.00178 e. The zero-order valence-electron chi connectivity index (χ0n) is 11.8. The van der Waals surface area contributed by atoms with E-state index < -0.39 is 0 Å². The van der Waals surface area contributed by atoms with Gasteiger partial charge in [0.25, 0.3) is 0 Å². The zero-order valence-corrected chi connectivity index (χ0v) is 11.8. The molecule has 0 radical (unpaired) electrons. The molecular weight excluding hydrogens is 194 g/mol. The molecule has 3 atom stereocenters. The normalized spacial score (nSPS) is 30.9. The SMILES string of the molecule is CCC1CCC(CNCC(C)C)C(CC)C1. The minimum atomic E-state index is 0.784. The topological polar surface area (TPSA) is 12.0 Å². The summed E-state index contributed by atoms with van der Waals surface area (Å²) in [4.78, 5) is 0. The second-order valence-electron chi connectivity index (χ2n) is 6.07. The molecule has 0 bridgehead atoms. The highest BCUT2D eigenvalue weighted by molar-refractivity contribution is 4.80. The Hall–Kier alpha value is -0.0400. The average molecular weight is 225 g/mol. The molecule has 1 nitrogen and oxygen atoms in total. The Bertz CT molecular complexity index is 176. The van der Waals surface area contributed by atoms with Crippen LogP contribution in [0, 0.1) is 23.7 Å². The van der Waals surface area contributed by atoms with Crippen molar-refractivity contribution in [2.75, 3.05) is 13.1 Å². The summed E-state index contributed by atoms with van der Waals surface area (Å²) in [5, 5.41) is 3.65. The molecule has 16 heavy (non-hydrogen) atoms. The van der Waals surface area contributed by atoms with Gasteiger partial charge in [-0.25, -0.2) is 0 Å². The van der Waals surface area contributed by atoms with E-state index in [1.807, 2.05) is 0 Å².